The highest BCUT2D eigenvalue weighted by atomic mass is 16.3. The molecular formula is C27H57NO. The van der Waals surface area contributed by atoms with Crippen molar-refractivity contribution in [2.45, 2.75) is 155 Å². The molecule has 1 atom stereocenters. The molecule has 0 aliphatic rings. The molecule has 0 rings (SSSR count). The van der Waals surface area contributed by atoms with Crippen molar-refractivity contribution in [3.8, 4) is 0 Å². The van der Waals surface area contributed by atoms with Crippen LogP contribution in [0.1, 0.15) is 149 Å². The highest BCUT2D eigenvalue weighted by molar-refractivity contribution is 4.65. The van der Waals surface area contributed by atoms with E-state index in [0.29, 0.717) is 0 Å². The maximum Gasteiger partial charge on any atom is 0.0667 e. The summed E-state index contributed by atoms with van der Waals surface area (Å²) in [5.74, 6) is 0. The zero-order valence-electron chi connectivity index (χ0n) is 20.7. The van der Waals surface area contributed by atoms with Gasteiger partial charge in [-0.1, -0.05) is 130 Å². The van der Waals surface area contributed by atoms with Crippen LogP contribution >= 0.6 is 0 Å². The molecule has 0 saturated carbocycles. The first-order chi connectivity index (χ1) is 14.2. The SMILES string of the molecule is CCCCCCCCCCCCN(CCC)CC(O)CCCCCCCCCC. The summed E-state index contributed by atoms with van der Waals surface area (Å²) in [6, 6.07) is 0. The summed E-state index contributed by atoms with van der Waals surface area (Å²) in [5, 5.41) is 10.4. The molecule has 0 bridgehead atoms. The highest BCUT2D eigenvalue weighted by Crippen LogP contribution is 2.13. The van der Waals surface area contributed by atoms with E-state index in [1.54, 1.807) is 0 Å². The maximum atomic E-state index is 10.4. The van der Waals surface area contributed by atoms with Crippen LogP contribution in [0.5, 0.6) is 0 Å². The predicted molar refractivity (Wildman–Crippen MR) is 132 cm³/mol. The van der Waals surface area contributed by atoms with Gasteiger partial charge in [-0.2, -0.15) is 0 Å². The Labute approximate surface area is 185 Å². The molecule has 0 aromatic carbocycles. The standard InChI is InChI=1S/C27H57NO/c1-4-7-9-11-13-15-16-18-20-22-25-28(24-6-3)26-27(29)23-21-19-17-14-12-10-8-5-2/h27,29H,4-26H2,1-3H3. The van der Waals surface area contributed by atoms with Crippen molar-refractivity contribution in [3.63, 3.8) is 0 Å². The van der Waals surface area contributed by atoms with E-state index in [9.17, 15) is 5.11 Å². The molecule has 2 heteroatoms. The Morgan fingerprint density at radius 3 is 1.34 bits per heavy atom. The van der Waals surface area contributed by atoms with Crippen LogP contribution < -0.4 is 0 Å². The molecule has 0 heterocycles. The molecule has 0 amide bonds. The van der Waals surface area contributed by atoms with Gasteiger partial charge < -0.3 is 10.0 Å². The molecule has 29 heavy (non-hydrogen) atoms. The van der Waals surface area contributed by atoms with Gasteiger partial charge in [-0.15, -0.1) is 0 Å². The van der Waals surface area contributed by atoms with Crippen LogP contribution in [0.4, 0.5) is 0 Å². The number of rotatable bonds is 24. The van der Waals surface area contributed by atoms with Crippen LogP contribution in [0.3, 0.4) is 0 Å². The molecule has 0 saturated heterocycles. The molecule has 0 aromatic rings. The smallest absolute Gasteiger partial charge is 0.0667 e. The summed E-state index contributed by atoms with van der Waals surface area (Å²) in [6.07, 6.45) is 26.8. The summed E-state index contributed by atoms with van der Waals surface area (Å²) in [7, 11) is 0. The zero-order valence-corrected chi connectivity index (χ0v) is 20.7. The molecule has 2 nitrogen and oxygen atoms in total. The summed E-state index contributed by atoms with van der Waals surface area (Å²) in [4.78, 5) is 2.51. The number of hydrogen-bond donors (Lipinski definition) is 1. The lowest BCUT2D eigenvalue weighted by molar-refractivity contribution is 0.101. The van der Waals surface area contributed by atoms with Gasteiger partial charge in [0.05, 0.1) is 6.10 Å². The minimum absolute atomic E-state index is 0.121. The third kappa shape index (κ3) is 22.4. The van der Waals surface area contributed by atoms with E-state index in [1.807, 2.05) is 0 Å². The van der Waals surface area contributed by atoms with Crippen LogP contribution in [0, 0.1) is 0 Å². The van der Waals surface area contributed by atoms with Crippen molar-refractivity contribution in [3.05, 3.63) is 0 Å². The van der Waals surface area contributed by atoms with Crippen LogP contribution in [-0.4, -0.2) is 35.7 Å². The lowest BCUT2D eigenvalue weighted by atomic mass is 10.0. The first-order valence-electron chi connectivity index (χ1n) is 13.6. The maximum absolute atomic E-state index is 10.4. The van der Waals surface area contributed by atoms with Gasteiger partial charge in [0.25, 0.3) is 0 Å². The minimum Gasteiger partial charge on any atom is -0.392 e. The second kappa shape index (κ2) is 24.2. The first kappa shape index (κ1) is 28.9. The lowest BCUT2D eigenvalue weighted by Gasteiger charge is -2.24. The molecule has 0 aromatic heterocycles. The molecule has 0 aliphatic heterocycles. The highest BCUT2D eigenvalue weighted by Gasteiger charge is 2.10. The summed E-state index contributed by atoms with van der Waals surface area (Å²) >= 11 is 0. The Balaban J connectivity index is 3.59. The zero-order chi connectivity index (χ0) is 21.4. The molecule has 1 unspecified atom stereocenters. The number of hydrogen-bond acceptors (Lipinski definition) is 2. The fourth-order valence-corrected chi connectivity index (χ4v) is 4.34. The Morgan fingerprint density at radius 2 is 0.897 bits per heavy atom. The van der Waals surface area contributed by atoms with E-state index in [1.165, 1.54) is 129 Å². The quantitative estimate of drug-likeness (QED) is 0.161. The van der Waals surface area contributed by atoms with Gasteiger partial charge in [0.2, 0.25) is 0 Å². The largest absolute Gasteiger partial charge is 0.392 e. The summed E-state index contributed by atoms with van der Waals surface area (Å²) in [6.45, 7) is 10.0. The van der Waals surface area contributed by atoms with Gasteiger partial charge in [-0.3, -0.25) is 0 Å². The van der Waals surface area contributed by atoms with Gasteiger partial charge in [0.1, 0.15) is 0 Å². The van der Waals surface area contributed by atoms with E-state index in [4.69, 9.17) is 0 Å². The summed E-state index contributed by atoms with van der Waals surface area (Å²) < 4.78 is 0. The van der Waals surface area contributed by atoms with Crippen LogP contribution in [0.2, 0.25) is 0 Å². The molecule has 0 aliphatic carbocycles. The third-order valence-corrected chi connectivity index (χ3v) is 6.23. The topological polar surface area (TPSA) is 23.5 Å². The number of unbranched alkanes of at least 4 members (excludes halogenated alkanes) is 16. The fourth-order valence-electron chi connectivity index (χ4n) is 4.34. The minimum atomic E-state index is -0.121. The average molecular weight is 412 g/mol. The number of aliphatic hydroxyl groups is 1. The van der Waals surface area contributed by atoms with E-state index in [2.05, 4.69) is 25.7 Å². The van der Waals surface area contributed by atoms with Crippen molar-refractivity contribution in [1.82, 2.24) is 4.90 Å². The van der Waals surface area contributed by atoms with Crippen LogP contribution in [-0.2, 0) is 0 Å². The first-order valence-corrected chi connectivity index (χ1v) is 13.6. The van der Waals surface area contributed by atoms with Crippen LogP contribution in [0.15, 0.2) is 0 Å². The van der Waals surface area contributed by atoms with E-state index < -0.39 is 0 Å². The monoisotopic (exact) mass is 411 g/mol. The van der Waals surface area contributed by atoms with Gasteiger partial charge >= 0.3 is 0 Å². The molecule has 0 radical (unpaired) electrons. The van der Waals surface area contributed by atoms with Gasteiger partial charge in [0, 0.05) is 6.54 Å². The van der Waals surface area contributed by atoms with Crippen molar-refractivity contribution in [1.29, 1.82) is 0 Å². The molecular weight excluding hydrogens is 354 g/mol. The summed E-state index contributed by atoms with van der Waals surface area (Å²) in [5.41, 5.74) is 0. The molecule has 0 spiro atoms. The Bertz CT molecular complexity index is 294. The van der Waals surface area contributed by atoms with Gasteiger partial charge in [-0.25, -0.2) is 0 Å². The van der Waals surface area contributed by atoms with Crippen molar-refractivity contribution < 1.29 is 5.11 Å². The lowest BCUT2D eigenvalue weighted by Crippen LogP contribution is -2.34. The van der Waals surface area contributed by atoms with Crippen molar-refractivity contribution in [2.24, 2.45) is 0 Å². The molecule has 0 fully saturated rings. The van der Waals surface area contributed by atoms with Crippen LogP contribution in [0.25, 0.3) is 0 Å². The predicted octanol–water partition coefficient (Wildman–Crippen LogP) is 8.51. The third-order valence-electron chi connectivity index (χ3n) is 6.23. The Morgan fingerprint density at radius 1 is 0.483 bits per heavy atom. The van der Waals surface area contributed by atoms with Crippen molar-refractivity contribution >= 4 is 0 Å². The van der Waals surface area contributed by atoms with Gasteiger partial charge in [0.15, 0.2) is 0 Å². The molecule has 176 valence electrons. The Hall–Kier alpha value is -0.0800. The van der Waals surface area contributed by atoms with E-state index in [0.717, 1.165) is 19.5 Å². The number of nitrogens with zero attached hydrogens (tertiary/aromatic N) is 1. The van der Waals surface area contributed by atoms with Gasteiger partial charge in [-0.05, 0) is 32.4 Å². The normalized spacial score (nSPS) is 12.7. The van der Waals surface area contributed by atoms with E-state index in [-0.39, 0.29) is 6.10 Å². The number of aliphatic hydroxyl groups excluding tert-OH is 1. The fraction of sp³-hybridized carbons (Fsp3) is 1.00. The molecule has 1 N–H and O–H groups in total. The van der Waals surface area contributed by atoms with E-state index >= 15 is 0 Å². The average Bonchev–Trinajstić information content (AvgIpc) is 2.71. The Kier molecular flexibility index (Phi) is 24.1. The van der Waals surface area contributed by atoms with Crippen molar-refractivity contribution in [2.75, 3.05) is 19.6 Å². The second-order valence-corrected chi connectivity index (χ2v) is 9.40. The second-order valence-electron chi connectivity index (χ2n) is 9.40.